The topological polar surface area (TPSA) is 49.9 Å². The van der Waals surface area contributed by atoms with E-state index in [1.165, 1.54) is 31.2 Å². The predicted octanol–water partition coefficient (Wildman–Crippen LogP) is 5.92. The van der Waals surface area contributed by atoms with Crippen molar-refractivity contribution in [3.63, 3.8) is 0 Å². The van der Waals surface area contributed by atoms with Crippen LogP contribution in [-0.4, -0.2) is 56.5 Å². The predicted molar refractivity (Wildman–Crippen MR) is 142 cm³/mol. The third kappa shape index (κ3) is 6.28. The second-order valence-corrected chi connectivity index (χ2v) is 12.5. The number of benzene rings is 2. The summed E-state index contributed by atoms with van der Waals surface area (Å²) in [5, 5.41) is 0. The fourth-order valence-electron chi connectivity index (χ4n) is 5.91. The van der Waals surface area contributed by atoms with E-state index in [1.54, 1.807) is 31.4 Å². The normalized spacial score (nSPS) is 22.5. The van der Waals surface area contributed by atoms with Gasteiger partial charge in [0.25, 0.3) is 0 Å². The minimum absolute atomic E-state index is 0.0517. The Bertz CT molecular complexity index is 1020. The van der Waals surface area contributed by atoms with Gasteiger partial charge in [0.05, 0.1) is 12.0 Å². The van der Waals surface area contributed by atoms with Gasteiger partial charge in [-0.15, -0.1) is 0 Å². The van der Waals surface area contributed by atoms with Gasteiger partial charge in [0, 0.05) is 18.6 Å². The molecule has 0 spiro atoms. The fourth-order valence-corrected chi connectivity index (χ4v) is 7.61. The van der Waals surface area contributed by atoms with E-state index in [2.05, 4.69) is 49.1 Å². The van der Waals surface area contributed by atoms with Gasteiger partial charge in [0.2, 0.25) is 10.0 Å². The highest BCUT2D eigenvalue weighted by atomic mass is 32.2. The van der Waals surface area contributed by atoms with E-state index in [1.807, 2.05) is 4.31 Å². The molecule has 1 saturated heterocycles. The van der Waals surface area contributed by atoms with E-state index in [4.69, 9.17) is 4.74 Å². The second-order valence-electron chi connectivity index (χ2n) is 10.6. The summed E-state index contributed by atoms with van der Waals surface area (Å²) < 4.78 is 34.5. The smallest absolute Gasteiger partial charge is 0.243 e. The van der Waals surface area contributed by atoms with Crippen molar-refractivity contribution in [2.75, 3.05) is 26.7 Å². The Hall–Kier alpha value is -1.89. The summed E-state index contributed by atoms with van der Waals surface area (Å²) in [6.45, 7) is 6.83. The molecule has 35 heavy (non-hydrogen) atoms. The van der Waals surface area contributed by atoms with Gasteiger partial charge in [-0.1, -0.05) is 57.0 Å². The molecule has 4 rings (SSSR count). The molecule has 0 bridgehead atoms. The lowest BCUT2D eigenvalue weighted by atomic mass is 9.78. The molecular weight excluding hydrogens is 456 g/mol. The van der Waals surface area contributed by atoms with Crippen LogP contribution in [0.2, 0.25) is 0 Å². The molecule has 0 radical (unpaired) electrons. The Labute approximate surface area is 212 Å². The number of rotatable bonds is 9. The summed E-state index contributed by atoms with van der Waals surface area (Å²) >= 11 is 0. The average molecular weight is 499 g/mol. The van der Waals surface area contributed by atoms with Crippen molar-refractivity contribution in [3.05, 3.63) is 60.2 Å². The molecule has 1 saturated carbocycles. The van der Waals surface area contributed by atoms with Gasteiger partial charge in [0.15, 0.2) is 0 Å². The highest BCUT2D eigenvalue weighted by Gasteiger charge is 2.37. The average Bonchev–Trinajstić information content (AvgIpc) is 2.89. The minimum Gasteiger partial charge on any atom is -0.497 e. The standard InChI is InChI=1S/C29H42N2O3S/c1-23(2)17-22-31(35(32,33)27-15-13-26(34-3)14-16-27)25-18-20-30(21-19-25)29-12-8-7-11-28(29)24-9-5-4-6-10-24/h4-6,9-10,13-16,23,25,28-29H,7-8,11-12,17-22H2,1-3H3/t28-,29-/m1/s1. The van der Waals surface area contributed by atoms with Crippen LogP contribution in [0.3, 0.4) is 0 Å². The van der Waals surface area contributed by atoms with E-state index in [9.17, 15) is 8.42 Å². The van der Waals surface area contributed by atoms with Gasteiger partial charge < -0.3 is 4.74 Å². The largest absolute Gasteiger partial charge is 0.497 e. The summed E-state index contributed by atoms with van der Waals surface area (Å²) in [7, 11) is -1.96. The molecule has 0 N–H and O–H groups in total. The summed E-state index contributed by atoms with van der Waals surface area (Å²) in [6.07, 6.45) is 7.74. The molecule has 1 aliphatic heterocycles. The maximum atomic E-state index is 13.7. The van der Waals surface area contributed by atoms with Crippen LogP contribution in [0, 0.1) is 5.92 Å². The molecular formula is C29H42N2O3S. The lowest BCUT2D eigenvalue weighted by Gasteiger charge is -2.45. The number of ether oxygens (including phenoxy) is 1. The van der Waals surface area contributed by atoms with Gasteiger partial charge in [-0.3, -0.25) is 4.90 Å². The second kappa shape index (κ2) is 11.9. The molecule has 2 atom stereocenters. The number of hydrogen-bond acceptors (Lipinski definition) is 4. The maximum Gasteiger partial charge on any atom is 0.243 e. The monoisotopic (exact) mass is 498 g/mol. The van der Waals surface area contributed by atoms with Crippen LogP contribution in [0.25, 0.3) is 0 Å². The highest BCUT2D eigenvalue weighted by Crippen LogP contribution is 2.38. The van der Waals surface area contributed by atoms with Crippen LogP contribution in [0.15, 0.2) is 59.5 Å². The van der Waals surface area contributed by atoms with Crippen molar-refractivity contribution in [1.82, 2.24) is 9.21 Å². The van der Waals surface area contributed by atoms with Gasteiger partial charge in [-0.25, -0.2) is 8.42 Å². The first-order valence-corrected chi connectivity index (χ1v) is 14.8. The van der Waals surface area contributed by atoms with Crippen LogP contribution in [-0.2, 0) is 10.0 Å². The number of nitrogens with zero attached hydrogens (tertiary/aromatic N) is 2. The SMILES string of the molecule is COc1ccc(S(=O)(=O)N(CCC(C)C)C2CCN([C@@H]3CCCC[C@@H]3c3ccccc3)CC2)cc1. The zero-order valence-corrected chi connectivity index (χ0v) is 22.4. The lowest BCUT2D eigenvalue weighted by molar-refractivity contribution is 0.0838. The summed E-state index contributed by atoms with van der Waals surface area (Å²) in [6, 6.07) is 18.4. The van der Waals surface area contributed by atoms with Gasteiger partial charge >= 0.3 is 0 Å². The third-order valence-corrected chi connectivity index (χ3v) is 9.89. The molecule has 2 aromatic carbocycles. The molecule has 0 unspecified atom stereocenters. The Balaban J connectivity index is 1.48. The zero-order chi connectivity index (χ0) is 24.8. The molecule has 0 amide bonds. The first-order valence-electron chi connectivity index (χ1n) is 13.3. The van der Waals surface area contributed by atoms with E-state index in [0.717, 1.165) is 32.4 Å². The van der Waals surface area contributed by atoms with E-state index in [-0.39, 0.29) is 6.04 Å². The van der Waals surface area contributed by atoms with Crippen molar-refractivity contribution in [2.45, 2.75) is 81.7 Å². The lowest BCUT2D eigenvalue weighted by Crippen LogP contribution is -2.51. The van der Waals surface area contributed by atoms with E-state index >= 15 is 0 Å². The molecule has 5 nitrogen and oxygen atoms in total. The molecule has 2 aromatic rings. The van der Waals surface area contributed by atoms with Crippen LogP contribution in [0.4, 0.5) is 0 Å². The molecule has 1 aliphatic carbocycles. The Morgan fingerprint density at radius 3 is 2.23 bits per heavy atom. The minimum atomic E-state index is -3.56. The summed E-state index contributed by atoms with van der Waals surface area (Å²) in [5.41, 5.74) is 1.46. The zero-order valence-electron chi connectivity index (χ0n) is 21.6. The maximum absolute atomic E-state index is 13.7. The molecule has 0 aromatic heterocycles. The van der Waals surface area contributed by atoms with Gasteiger partial charge in [-0.2, -0.15) is 4.31 Å². The van der Waals surface area contributed by atoms with Crippen LogP contribution in [0.1, 0.15) is 70.3 Å². The van der Waals surface area contributed by atoms with Crippen molar-refractivity contribution in [3.8, 4) is 5.75 Å². The number of methoxy groups -OCH3 is 1. The Morgan fingerprint density at radius 2 is 1.60 bits per heavy atom. The number of piperidine rings is 1. The molecule has 6 heteroatoms. The first-order chi connectivity index (χ1) is 16.9. The number of sulfonamides is 1. The number of likely N-dealkylation sites (tertiary alicyclic amines) is 1. The summed E-state index contributed by atoms with van der Waals surface area (Å²) in [5.74, 6) is 1.71. The third-order valence-electron chi connectivity index (χ3n) is 7.93. The van der Waals surface area contributed by atoms with E-state index < -0.39 is 10.0 Å². The quantitative estimate of drug-likeness (QED) is 0.430. The van der Waals surface area contributed by atoms with Gasteiger partial charge in [0.1, 0.15) is 5.75 Å². The van der Waals surface area contributed by atoms with Crippen molar-refractivity contribution < 1.29 is 13.2 Å². The fraction of sp³-hybridized carbons (Fsp3) is 0.586. The Kier molecular flexibility index (Phi) is 8.90. The highest BCUT2D eigenvalue weighted by molar-refractivity contribution is 7.89. The Morgan fingerprint density at radius 1 is 0.943 bits per heavy atom. The first kappa shape index (κ1) is 26.2. The molecule has 192 valence electrons. The number of hydrogen-bond donors (Lipinski definition) is 0. The molecule has 2 aliphatic rings. The van der Waals surface area contributed by atoms with Crippen LogP contribution >= 0.6 is 0 Å². The van der Waals surface area contributed by atoms with Crippen LogP contribution < -0.4 is 4.74 Å². The van der Waals surface area contributed by atoms with Crippen molar-refractivity contribution >= 4 is 10.0 Å². The molecule has 1 heterocycles. The van der Waals surface area contributed by atoms with Crippen molar-refractivity contribution in [1.29, 1.82) is 0 Å². The van der Waals surface area contributed by atoms with Crippen LogP contribution in [0.5, 0.6) is 5.75 Å². The van der Waals surface area contributed by atoms with E-state index in [0.29, 0.717) is 35.1 Å². The molecule has 2 fully saturated rings. The van der Waals surface area contributed by atoms with Crippen molar-refractivity contribution in [2.24, 2.45) is 5.92 Å². The summed E-state index contributed by atoms with van der Waals surface area (Å²) in [4.78, 5) is 3.02. The van der Waals surface area contributed by atoms with Gasteiger partial charge in [-0.05, 0) is 86.9 Å².